The van der Waals surface area contributed by atoms with Crippen LogP contribution >= 0.6 is 0 Å². The molecule has 3 rings (SSSR count). The van der Waals surface area contributed by atoms with Crippen LogP contribution in [0.2, 0.25) is 0 Å². The van der Waals surface area contributed by atoms with E-state index in [-0.39, 0.29) is 11.3 Å². The van der Waals surface area contributed by atoms with Crippen LogP contribution < -0.4 is 0 Å². The molecule has 0 aromatic rings. The SMILES string of the molecule is C[C@@H](O)[C@H]1C(=O)N2C(C(=O)O)=C3[C@H](O)CCO[C@@H]3[C@H]12. The van der Waals surface area contributed by atoms with Crippen molar-refractivity contribution >= 4 is 11.9 Å². The van der Waals surface area contributed by atoms with Gasteiger partial charge in [0.1, 0.15) is 11.8 Å². The van der Waals surface area contributed by atoms with Gasteiger partial charge >= 0.3 is 5.97 Å². The standard InChI is InChI=1S/C12H15NO6/c1-4(14)6-8-10-7(5(15)2-3-19-10)9(12(17)18)13(8)11(6)16/h4-6,8,10,14-15H,2-3H2,1H3,(H,17,18)/t4-,5-,6-,8+,10+/m1/s1. The van der Waals surface area contributed by atoms with Gasteiger partial charge in [-0.05, 0) is 6.92 Å². The average molecular weight is 269 g/mol. The van der Waals surface area contributed by atoms with Crippen LogP contribution in [0.15, 0.2) is 11.3 Å². The number of aliphatic hydroxyl groups excluding tert-OH is 2. The number of carboxylic acids is 1. The number of aliphatic hydroxyl groups is 2. The topological polar surface area (TPSA) is 107 Å². The van der Waals surface area contributed by atoms with Crippen LogP contribution in [0.3, 0.4) is 0 Å². The van der Waals surface area contributed by atoms with E-state index in [2.05, 4.69) is 0 Å². The van der Waals surface area contributed by atoms with Gasteiger partial charge in [0.05, 0.1) is 30.8 Å². The fourth-order valence-corrected chi connectivity index (χ4v) is 3.29. The molecule has 0 unspecified atom stereocenters. The molecule has 0 aliphatic carbocycles. The van der Waals surface area contributed by atoms with Crippen LogP contribution in [0.1, 0.15) is 13.3 Å². The van der Waals surface area contributed by atoms with E-state index in [4.69, 9.17) is 4.74 Å². The van der Waals surface area contributed by atoms with E-state index in [1.165, 1.54) is 6.92 Å². The number of carbonyl (C=O) groups is 2. The molecular formula is C12H15NO6. The average Bonchev–Trinajstić information content (AvgIpc) is 2.61. The summed E-state index contributed by atoms with van der Waals surface area (Å²) in [4.78, 5) is 24.5. The Morgan fingerprint density at radius 2 is 2.21 bits per heavy atom. The molecule has 0 radical (unpaired) electrons. The summed E-state index contributed by atoms with van der Waals surface area (Å²) in [5.74, 6) is -2.33. The van der Waals surface area contributed by atoms with Crippen molar-refractivity contribution in [3.63, 3.8) is 0 Å². The highest BCUT2D eigenvalue weighted by atomic mass is 16.5. The summed E-state index contributed by atoms with van der Waals surface area (Å²) in [5.41, 5.74) is 0.0874. The molecule has 0 aromatic heterocycles. The third-order valence-electron chi connectivity index (χ3n) is 4.09. The van der Waals surface area contributed by atoms with Gasteiger partial charge in [0.2, 0.25) is 5.91 Å². The summed E-state index contributed by atoms with van der Waals surface area (Å²) in [5, 5.41) is 28.9. The number of β-lactam (4-membered cyclic amide) rings is 1. The number of aliphatic carboxylic acids is 1. The van der Waals surface area contributed by atoms with Crippen molar-refractivity contribution in [1.29, 1.82) is 0 Å². The van der Waals surface area contributed by atoms with Gasteiger partial charge in [0, 0.05) is 12.0 Å². The minimum atomic E-state index is -1.25. The molecule has 2 saturated heterocycles. The van der Waals surface area contributed by atoms with Crippen LogP contribution in [0.4, 0.5) is 0 Å². The van der Waals surface area contributed by atoms with E-state index < -0.39 is 42.1 Å². The predicted molar refractivity (Wildman–Crippen MR) is 60.8 cm³/mol. The highest BCUT2D eigenvalue weighted by molar-refractivity contribution is 6.00. The number of amides is 1. The quantitative estimate of drug-likeness (QED) is 0.538. The summed E-state index contributed by atoms with van der Waals surface area (Å²) in [7, 11) is 0. The van der Waals surface area contributed by atoms with Gasteiger partial charge in [0.15, 0.2) is 0 Å². The maximum Gasteiger partial charge on any atom is 0.352 e. The van der Waals surface area contributed by atoms with Gasteiger partial charge in [-0.3, -0.25) is 9.69 Å². The van der Waals surface area contributed by atoms with Crippen LogP contribution in [-0.2, 0) is 14.3 Å². The molecule has 19 heavy (non-hydrogen) atoms. The Labute approximate surface area is 109 Å². The summed E-state index contributed by atoms with van der Waals surface area (Å²) < 4.78 is 5.53. The first kappa shape index (κ1) is 12.6. The number of hydrogen-bond acceptors (Lipinski definition) is 5. The fourth-order valence-electron chi connectivity index (χ4n) is 3.29. The summed E-state index contributed by atoms with van der Waals surface area (Å²) in [6.07, 6.45) is -2.08. The molecule has 5 atom stereocenters. The Bertz CT molecular complexity index is 485. The van der Waals surface area contributed by atoms with Crippen LogP contribution in [0.25, 0.3) is 0 Å². The molecule has 2 fully saturated rings. The molecule has 3 N–H and O–H groups in total. The molecule has 0 bridgehead atoms. The van der Waals surface area contributed by atoms with Crippen molar-refractivity contribution < 1.29 is 29.6 Å². The number of ether oxygens (including phenoxy) is 1. The molecule has 0 aromatic carbocycles. The normalized spacial score (nSPS) is 38.7. The first-order valence-corrected chi connectivity index (χ1v) is 6.23. The third kappa shape index (κ3) is 1.49. The van der Waals surface area contributed by atoms with Gasteiger partial charge in [0.25, 0.3) is 0 Å². The maximum atomic E-state index is 12.0. The minimum Gasteiger partial charge on any atom is -0.477 e. The first-order chi connectivity index (χ1) is 8.95. The second-order valence-electron chi connectivity index (χ2n) is 5.17. The predicted octanol–water partition coefficient (Wildman–Crippen LogP) is -1.30. The second kappa shape index (κ2) is 4.03. The zero-order valence-corrected chi connectivity index (χ0v) is 10.3. The second-order valence-corrected chi connectivity index (χ2v) is 5.17. The number of fused-ring (bicyclic) bond motifs is 3. The third-order valence-corrected chi connectivity index (χ3v) is 4.09. The number of nitrogens with zero attached hydrogens (tertiary/aromatic N) is 1. The highest BCUT2D eigenvalue weighted by Gasteiger charge is 2.63. The zero-order valence-electron chi connectivity index (χ0n) is 10.3. The number of rotatable bonds is 2. The lowest BCUT2D eigenvalue weighted by Gasteiger charge is -2.47. The molecule has 1 amide bonds. The van der Waals surface area contributed by atoms with Gasteiger partial charge < -0.3 is 20.1 Å². The molecule has 3 aliphatic heterocycles. The summed E-state index contributed by atoms with van der Waals surface area (Å²) in [6, 6.07) is -0.511. The Morgan fingerprint density at radius 3 is 2.79 bits per heavy atom. The Kier molecular flexibility index (Phi) is 2.67. The maximum absolute atomic E-state index is 12.0. The van der Waals surface area contributed by atoms with Crippen LogP contribution in [0.5, 0.6) is 0 Å². The van der Waals surface area contributed by atoms with Gasteiger partial charge in [-0.1, -0.05) is 0 Å². The smallest absolute Gasteiger partial charge is 0.352 e. The van der Waals surface area contributed by atoms with E-state index in [0.717, 1.165) is 4.90 Å². The zero-order chi connectivity index (χ0) is 13.9. The Morgan fingerprint density at radius 1 is 1.53 bits per heavy atom. The number of carboxylic acid groups (broad SMARTS) is 1. The van der Waals surface area contributed by atoms with Gasteiger partial charge in [-0.25, -0.2) is 4.79 Å². The number of carbonyl (C=O) groups excluding carboxylic acids is 1. The molecule has 0 spiro atoms. The van der Waals surface area contributed by atoms with E-state index >= 15 is 0 Å². The molecular weight excluding hydrogens is 254 g/mol. The van der Waals surface area contributed by atoms with Crippen molar-refractivity contribution in [1.82, 2.24) is 4.90 Å². The highest BCUT2D eigenvalue weighted by Crippen LogP contribution is 2.47. The molecule has 3 heterocycles. The van der Waals surface area contributed by atoms with Crippen LogP contribution in [0, 0.1) is 5.92 Å². The molecule has 7 nitrogen and oxygen atoms in total. The van der Waals surface area contributed by atoms with Gasteiger partial charge in [-0.15, -0.1) is 0 Å². The molecule has 0 saturated carbocycles. The lowest BCUT2D eigenvalue weighted by molar-refractivity contribution is -0.169. The summed E-state index contributed by atoms with van der Waals surface area (Å²) in [6.45, 7) is 1.81. The van der Waals surface area contributed by atoms with Crippen molar-refractivity contribution in [2.45, 2.75) is 37.7 Å². The van der Waals surface area contributed by atoms with E-state index in [1.807, 2.05) is 0 Å². The lowest BCUT2D eigenvalue weighted by atomic mass is 9.80. The van der Waals surface area contributed by atoms with E-state index in [9.17, 15) is 24.9 Å². The first-order valence-electron chi connectivity index (χ1n) is 6.23. The lowest BCUT2D eigenvalue weighted by Crippen LogP contribution is -2.65. The molecule has 7 heteroatoms. The van der Waals surface area contributed by atoms with Crippen LogP contribution in [-0.4, -0.2) is 63.1 Å². The molecule has 3 aliphatic rings. The van der Waals surface area contributed by atoms with E-state index in [1.54, 1.807) is 0 Å². The monoisotopic (exact) mass is 269 g/mol. The van der Waals surface area contributed by atoms with Gasteiger partial charge in [-0.2, -0.15) is 0 Å². The van der Waals surface area contributed by atoms with Crippen molar-refractivity contribution in [2.75, 3.05) is 6.61 Å². The Balaban J connectivity index is 2.04. The molecule has 104 valence electrons. The van der Waals surface area contributed by atoms with Crippen molar-refractivity contribution in [2.24, 2.45) is 5.92 Å². The van der Waals surface area contributed by atoms with Crippen molar-refractivity contribution in [3.05, 3.63) is 11.3 Å². The fraction of sp³-hybridized carbons (Fsp3) is 0.667. The number of hydrogen-bond donors (Lipinski definition) is 3. The van der Waals surface area contributed by atoms with Crippen molar-refractivity contribution in [3.8, 4) is 0 Å². The largest absolute Gasteiger partial charge is 0.477 e. The summed E-state index contributed by atoms with van der Waals surface area (Å²) >= 11 is 0. The van der Waals surface area contributed by atoms with E-state index in [0.29, 0.717) is 13.0 Å². The Hall–Kier alpha value is -1.44. The minimum absolute atomic E-state index is 0.177.